The van der Waals surface area contributed by atoms with Crippen molar-refractivity contribution in [2.24, 2.45) is 0 Å². The van der Waals surface area contributed by atoms with Crippen molar-refractivity contribution in [1.82, 2.24) is 14.5 Å². The zero-order chi connectivity index (χ0) is 33.7. The van der Waals surface area contributed by atoms with Crippen LogP contribution in [0.5, 0.6) is 17.2 Å². The lowest BCUT2D eigenvalue weighted by Crippen LogP contribution is -2.33. The molecule has 1 aliphatic rings. The average molecular weight is 660 g/mol. The fourth-order valence-electron chi connectivity index (χ4n) is 5.80. The van der Waals surface area contributed by atoms with E-state index in [1.54, 1.807) is 6.07 Å². The maximum absolute atomic E-state index is 13.8. The number of alkyl halides is 4. The van der Waals surface area contributed by atoms with Crippen molar-refractivity contribution in [1.29, 1.82) is 0 Å². The number of nitrogens with zero attached hydrogens (tertiary/aromatic N) is 3. The summed E-state index contributed by atoms with van der Waals surface area (Å²) in [5.74, 6) is 1.85. The van der Waals surface area contributed by atoms with Crippen LogP contribution in [0.3, 0.4) is 0 Å². The number of benzene rings is 4. The number of unbranched alkanes of at least 4 members (excludes halogenated alkanes) is 1. The largest absolute Gasteiger partial charge is 0.461 e. The minimum absolute atomic E-state index is 0.150. The summed E-state index contributed by atoms with van der Waals surface area (Å²) < 4.78 is 71.3. The van der Waals surface area contributed by atoms with E-state index in [1.165, 1.54) is 18.2 Å². The first kappa shape index (κ1) is 33.1. The van der Waals surface area contributed by atoms with Crippen LogP contribution in [0.1, 0.15) is 42.1 Å². The molecule has 1 aliphatic heterocycles. The maximum atomic E-state index is 13.8. The normalized spacial score (nSPS) is 12.7. The standard InChI is InChI=1S/C38H37F4N3O3/c1-3-4-19-45-32(35(29-16-13-26(2)14-17-29)43-36(45)30-10-6-5-7-11-30)24-44(23-28-15-18-33-34(21-28)47-25-46-33)22-27-9-8-12-31(20-27)48-38(41,42)37(39)40/h5-18,20-21,37H,3-4,19,22-25H2,1-2H3. The van der Waals surface area contributed by atoms with E-state index in [4.69, 9.17) is 14.5 Å². The molecule has 0 atom stereocenters. The van der Waals surface area contributed by atoms with Gasteiger partial charge >= 0.3 is 12.5 Å². The molecule has 4 aromatic carbocycles. The molecule has 6 nitrogen and oxygen atoms in total. The summed E-state index contributed by atoms with van der Waals surface area (Å²) in [6, 6.07) is 30.1. The summed E-state index contributed by atoms with van der Waals surface area (Å²) in [7, 11) is 0. The van der Waals surface area contributed by atoms with Crippen LogP contribution in [0.4, 0.5) is 17.6 Å². The summed E-state index contributed by atoms with van der Waals surface area (Å²) >= 11 is 0. The molecular weight excluding hydrogens is 622 g/mol. The van der Waals surface area contributed by atoms with Gasteiger partial charge in [-0.2, -0.15) is 17.6 Å². The zero-order valence-electron chi connectivity index (χ0n) is 26.8. The Hall–Kier alpha value is -4.83. The second-order valence-electron chi connectivity index (χ2n) is 11.9. The first-order valence-electron chi connectivity index (χ1n) is 16.0. The summed E-state index contributed by atoms with van der Waals surface area (Å²) in [5, 5.41) is 0. The monoisotopic (exact) mass is 659 g/mol. The van der Waals surface area contributed by atoms with Gasteiger partial charge in [-0.3, -0.25) is 4.90 Å². The summed E-state index contributed by atoms with van der Waals surface area (Å²) in [4.78, 5) is 7.42. The molecule has 10 heteroatoms. The summed E-state index contributed by atoms with van der Waals surface area (Å²) in [6.07, 6.45) is -6.63. The minimum Gasteiger partial charge on any atom is -0.454 e. The average Bonchev–Trinajstić information content (AvgIpc) is 3.69. The molecule has 5 aromatic rings. The fourth-order valence-corrected chi connectivity index (χ4v) is 5.80. The number of imidazole rings is 1. The third-order valence-electron chi connectivity index (χ3n) is 8.19. The fraction of sp³-hybridized carbons (Fsp3) is 0.289. The van der Waals surface area contributed by atoms with E-state index < -0.39 is 12.5 Å². The Balaban J connectivity index is 1.42. The number of halogens is 4. The summed E-state index contributed by atoms with van der Waals surface area (Å²) in [6.45, 7) is 6.30. The van der Waals surface area contributed by atoms with Crippen molar-refractivity contribution in [3.63, 3.8) is 0 Å². The van der Waals surface area contributed by atoms with Gasteiger partial charge in [0.25, 0.3) is 0 Å². The van der Waals surface area contributed by atoms with Crippen LogP contribution in [0, 0.1) is 6.92 Å². The molecule has 0 bridgehead atoms. The Morgan fingerprint density at radius 3 is 2.29 bits per heavy atom. The van der Waals surface area contributed by atoms with Crippen molar-refractivity contribution in [2.75, 3.05) is 6.79 Å². The van der Waals surface area contributed by atoms with E-state index in [1.807, 2.05) is 43.3 Å². The van der Waals surface area contributed by atoms with E-state index in [0.29, 0.717) is 36.7 Å². The van der Waals surface area contributed by atoms with Gasteiger partial charge in [0.2, 0.25) is 6.79 Å². The molecule has 0 radical (unpaired) electrons. The highest BCUT2D eigenvalue weighted by Crippen LogP contribution is 2.35. The van der Waals surface area contributed by atoms with Gasteiger partial charge in [-0.15, -0.1) is 0 Å². The molecule has 250 valence electrons. The summed E-state index contributed by atoms with van der Waals surface area (Å²) in [5.41, 5.74) is 6.56. The van der Waals surface area contributed by atoms with Gasteiger partial charge in [0.1, 0.15) is 11.6 Å². The number of fused-ring (bicyclic) bond motifs is 1. The second kappa shape index (κ2) is 14.5. The first-order chi connectivity index (χ1) is 23.2. The Morgan fingerprint density at radius 1 is 0.833 bits per heavy atom. The van der Waals surface area contributed by atoms with Crippen molar-refractivity contribution < 1.29 is 31.8 Å². The van der Waals surface area contributed by atoms with Gasteiger partial charge in [0.15, 0.2) is 11.5 Å². The zero-order valence-corrected chi connectivity index (χ0v) is 26.8. The molecule has 0 spiro atoms. The molecule has 2 heterocycles. The van der Waals surface area contributed by atoms with Crippen LogP contribution >= 0.6 is 0 Å². The SMILES string of the molecule is CCCCn1c(-c2ccccc2)nc(-c2ccc(C)cc2)c1CN(Cc1cccc(OC(F)(F)C(F)F)c1)Cc1ccc2c(c1)OCO2. The highest BCUT2D eigenvalue weighted by atomic mass is 19.3. The van der Waals surface area contributed by atoms with E-state index >= 15 is 0 Å². The third kappa shape index (κ3) is 7.65. The van der Waals surface area contributed by atoms with Gasteiger partial charge < -0.3 is 18.8 Å². The van der Waals surface area contributed by atoms with Gasteiger partial charge in [0.05, 0.1) is 11.4 Å². The number of hydrogen-bond acceptors (Lipinski definition) is 5. The lowest BCUT2D eigenvalue weighted by molar-refractivity contribution is -0.253. The Kier molecular flexibility index (Phi) is 10.0. The maximum Gasteiger partial charge on any atom is 0.461 e. The molecule has 0 amide bonds. The first-order valence-corrected chi connectivity index (χ1v) is 16.0. The molecule has 0 saturated heterocycles. The van der Waals surface area contributed by atoms with E-state index in [-0.39, 0.29) is 12.5 Å². The molecule has 48 heavy (non-hydrogen) atoms. The van der Waals surface area contributed by atoms with Crippen molar-refractivity contribution in [3.05, 3.63) is 119 Å². The molecular formula is C38H37F4N3O3. The molecule has 0 N–H and O–H groups in total. The van der Waals surface area contributed by atoms with E-state index in [0.717, 1.165) is 58.9 Å². The third-order valence-corrected chi connectivity index (χ3v) is 8.19. The number of rotatable bonds is 14. The Bertz CT molecular complexity index is 1830. The van der Waals surface area contributed by atoms with Crippen LogP contribution in [-0.4, -0.2) is 33.8 Å². The minimum atomic E-state index is -4.60. The Morgan fingerprint density at radius 2 is 1.56 bits per heavy atom. The highest BCUT2D eigenvalue weighted by molar-refractivity contribution is 5.68. The molecule has 0 fully saturated rings. The van der Waals surface area contributed by atoms with Crippen molar-refractivity contribution in [2.45, 2.75) is 65.4 Å². The molecule has 0 saturated carbocycles. The lowest BCUT2D eigenvalue weighted by Gasteiger charge is -2.25. The van der Waals surface area contributed by atoms with Crippen LogP contribution in [0.15, 0.2) is 97.1 Å². The number of hydrogen-bond donors (Lipinski definition) is 0. The van der Waals surface area contributed by atoms with E-state index in [9.17, 15) is 17.6 Å². The molecule has 6 rings (SSSR count). The van der Waals surface area contributed by atoms with Crippen molar-refractivity contribution >= 4 is 0 Å². The number of ether oxygens (including phenoxy) is 3. The molecule has 0 unspecified atom stereocenters. The van der Waals surface area contributed by atoms with Crippen LogP contribution in [0.25, 0.3) is 22.6 Å². The second-order valence-corrected chi connectivity index (χ2v) is 11.9. The van der Waals surface area contributed by atoms with Gasteiger partial charge in [0, 0.05) is 37.3 Å². The van der Waals surface area contributed by atoms with Crippen molar-refractivity contribution in [3.8, 4) is 39.9 Å². The highest BCUT2D eigenvalue weighted by Gasteiger charge is 2.44. The quantitative estimate of drug-likeness (QED) is 0.111. The van der Waals surface area contributed by atoms with Crippen LogP contribution in [-0.2, 0) is 26.2 Å². The van der Waals surface area contributed by atoms with Crippen LogP contribution < -0.4 is 14.2 Å². The van der Waals surface area contributed by atoms with Gasteiger partial charge in [-0.1, -0.05) is 91.7 Å². The van der Waals surface area contributed by atoms with Gasteiger partial charge in [-0.25, -0.2) is 4.98 Å². The topological polar surface area (TPSA) is 48.8 Å². The molecule has 1 aromatic heterocycles. The number of aryl methyl sites for hydroxylation is 1. The predicted octanol–water partition coefficient (Wildman–Crippen LogP) is 9.49. The predicted molar refractivity (Wildman–Crippen MR) is 176 cm³/mol. The van der Waals surface area contributed by atoms with Gasteiger partial charge in [-0.05, 0) is 48.7 Å². The van der Waals surface area contributed by atoms with Crippen LogP contribution in [0.2, 0.25) is 0 Å². The smallest absolute Gasteiger partial charge is 0.454 e. The molecule has 0 aliphatic carbocycles. The number of aromatic nitrogens is 2. The lowest BCUT2D eigenvalue weighted by atomic mass is 10.1. The Labute approximate surface area is 277 Å². The van der Waals surface area contributed by atoms with E-state index in [2.05, 4.69) is 57.5 Å².